The van der Waals surface area contributed by atoms with Crippen LogP contribution in [0.4, 0.5) is 0 Å². The molecule has 1 saturated heterocycles. The lowest BCUT2D eigenvalue weighted by atomic mass is 10.2. The predicted molar refractivity (Wildman–Crippen MR) is 108 cm³/mol. The molecular formula is C19H21N3O4S2. The summed E-state index contributed by atoms with van der Waals surface area (Å²) < 4.78 is 32.3. The van der Waals surface area contributed by atoms with Crippen LogP contribution in [0, 0.1) is 6.92 Å². The molecule has 4 rings (SSSR count). The molecule has 0 saturated carbocycles. The fourth-order valence-electron chi connectivity index (χ4n) is 3.14. The topological polar surface area (TPSA) is 91.5 Å². The number of aryl methyl sites for hydroxylation is 1. The summed E-state index contributed by atoms with van der Waals surface area (Å²) in [6.45, 7) is 3.84. The maximum absolute atomic E-state index is 12.7. The molecule has 0 bridgehead atoms. The zero-order valence-corrected chi connectivity index (χ0v) is 17.0. The van der Waals surface area contributed by atoms with Crippen LogP contribution < -0.4 is 5.32 Å². The highest BCUT2D eigenvalue weighted by molar-refractivity contribution is 7.91. The summed E-state index contributed by atoms with van der Waals surface area (Å²) >= 11 is 1.18. The van der Waals surface area contributed by atoms with Gasteiger partial charge in [-0.3, -0.25) is 4.79 Å². The van der Waals surface area contributed by atoms with Crippen LogP contribution in [0.1, 0.15) is 20.9 Å². The first-order valence-electron chi connectivity index (χ1n) is 8.98. The first-order chi connectivity index (χ1) is 13.4. The van der Waals surface area contributed by atoms with Crippen molar-refractivity contribution in [2.24, 2.45) is 0 Å². The first kappa shape index (κ1) is 19.1. The lowest BCUT2D eigenvalue weighted by Crippen LogP contribution is -2.40. The van der Waals surface area contributed by atoms with Crippen LogP contribution >= 0.6 is 11.3 Å². The molecule has 148 valence electrons. The van der Waals surface area contributed by atoms with Gasteiger partial charge >= 0.3 is 0 Å². The average molecular weight is 420 g/mol. The molecule has 9 heteroatoms. The van der Waals surface area contributed by atoms with Gasteiger partial charge in [0, 0.05) is 28.9 Å². The Kier molecular flexibility index (Phi) is 5.24. The monoisotopic (exact) mass is 419 g/mol. The molecule has 3 aromatic rings. The molecule has 1 amide bonds. The molecule has 7 nitrogen and oxygen atoms in total. The highest BCUT2D eigenvalue weighted by Gasteiger charge is 2.27. The molecule has 28 heavy (non-hydrogen) atoms. The number of rotatable bonds is 5. The van der Waals surface area contributed by atoms with Crippen LogP contribution in [0.15, 0.2) is 40.6 Å². The van der Waals surface area contributed by atoms with Gasteiger partial charge in [0.25, 0.3) is 15.9 Å². The van der Waals surface area contributed by atoms with Crippen LogP contribution in [-0.4, -0.2) is 49.9 Å². The number of nitrogens with one attached hydrogen (secondary N) is 2. The number of morpholine rings is 1. The molecule has 1 aliphatic heterocycles. The van der Waals surface area contributed by atoms with Crippen LogP contribution in [0.3, 0.4) is 0 Å². The minimum absolute atomic E-state index is 0.222. The summed E-state index contributed by atoms with van der Waals surface area (Å²) in [5.74, 6) is -0.222. The van der Waals surface area contributed by atoms with Crippen molar-refractivity contribution in [2.45, 2.75) is 17.7 Å². The molecule has 1 aliphatic rings. The number of aromatic amines is 1. The number of H-pyrrole nitrogens is 1. The minimum atomic E-state index is -3.50. The van der Waals surface area contributed by atoms with Crippen LogP contribution in [-0.2, 0) is 21.3 Å². The van der Waals surface area contributed by atoms with Gasteiger partial charge in [0.2, 0.25) is 0 Å². The van der Waals surface area contributed by atoms with Crippen molar-refractivity contribution in [1.29, 1.82) is 0 Å². The second-order valence-corrected chi connectivity index (χ2v) is 10.0. The van der Waals surface area contributed by atoms with E-state index >= 15 is 0 Å². The van der Waals surface area contributed by atoms with Crippen molar-refractivity contribution in [2.75, 3.05) is 26.3 Å². The Balaban J connectivity index is 1.43. The third-order valence-electron chi connectivity index (χ3n) is 4.65. The predicted octanol–water partition coefficient (Wildman–Crippen LogP) is 2.49. The number of thiophene rings is 1. The Labute approximate surface area is 167 Å². The number of carbonyl (C=O) groups excluding carboxylic acids is 1. The van der Waals surface area contributed by atoms with E-state index in [1.807, 2.05) is 31.2 Å². The molecule has 2 N–H and O–H groups in total. The minimum Gasteiger partial charge on any atom is -0.379 e. The van der Waals surface area contributed by atoms with Gasteiger partial charge in [-0.15, -0.1) is 11.3 Å². The molecule has 1 fully saturated rings. The number of hydrogen-bond donors (Lipinski definition) is 2. The Morgan fingerprint density at radius 3 is 2.79 bits per heavy atom. The van der Waals surface area contributed by atoms with Gasteiger partial charge in [0.1, 0.15) is 9.90 Å². The number of carbonyl (C=O) groups is 1. The van der Waals surface area contributed by atoms with Crippen molar-refractivity contribution in [3.8, 4) is 0 Å². The van der Waals surface area contributed by atoms with E-state index in [-0.39, 0.29) is 12.5 Å². The Morgan fingerprint density at radius 2 is 2.00 bits per heavy atom. The summed E-state index contributed by atoms with van der Waals surface area (Å²) in [6.07, 6.45) is 0. The van der Waals surface area contributed by atoms with E-state index in [4.69, 9.17) is 4.74 Å². The highest BCUT2D eigenvalue weighted by atomic mass is 32.2. The van der Waals surface area contributed by atoms with Gasteiger partial charge in [-0.2, -0.15) is 4.31 Å². The standard InChI is InChI=1S/C19H21N3O4S2/c1-13-2-4-16-14(10-13)11-17(21-16)19(23)20-12-15-3-5-18(27-15)28(24,25)22-6-8-26-9-7-22/h2-5,10-11,21H,6-9,12H2,1H3,(H,20,23). The summed E-state index contributed by atoms with van der Waals surface area (Å²) in [5.41, 5.74) is 2.52. The molecule has 0 unspecified atom stereocenters. The maximum Gasteiger partial charge on any atom is 0.268 e. The molecule has 1 aromatic carbocycles. The first-order valence-corrected chi connectivity index (χ1v) is 11.2. The van der Waals surface area contributed by atoms with Crippen molar-refractivity contribution in [3.05, 3.63) is 52.5 Å². The number of amides is 1. The lowest BCUT2D eigenvalue weighted by molar-refractivity contribution is 0.0731. The quantitative estimate of drug-likeness (QED) is 0.665. The summed E-state index contributed by atoms with van der Waals surface area (Å²) in [4.78, 5) is 16.3. The number of ether oxygens (including phenoxy) is 1. The van der Waals surface area contributed by atoms with Gasteiger partial charge < -0.3 is 15.0 Å². The van der Waals surface area contributed by atoms with Gasteiger partial charge in [0.05, 0.1) is 19.8 Å². The fourth-order valence-corrected chi connectivity index (χ4v) is 6.00. The third-order valence-corrected chi connectivity index (χ3v) is 8.10. The average Bonchev–Trinajstić information content (AvgIpc) is 3.34. The van der Waals surface area contributed by atoms with E-state index in [0.717, 1.165) is 21.3 Å². The molecule has 3 heterocycles. The van der Waals surface area contributed by atoms with Crippen LogP contribution in [0.2, 0.25) is 0 Å². The maximum atomic E-state index is 12.7. The Bertz CT molecular complexity index is 1110. The number of sulfonamides is 1. The number of fused-ring (bicyclic) bond motifs is 1. The smallest absolute Gasteiger partial charge is 0.268 e. The molecule has 0 atom stereocenters. The van der Waals surface area contributed by atoms with E-state index in [2.05, 4.69) is 10.3 Å². The van der Waals surface area contributed by atoms with Crippen molar-refractivity contribution < 1.29 is 17.9 Å². The van der Waals surface area contributed by atoms with Crippen molar-refractivity contribution in [3.63, 3.8) is 0 Å². The molecule has 2 aromatic heterocycles. The van der Waals surface area contributed by atoms with Gasteiger partial charge in [-0.25, -0.2) is 8.42 Å². The van der Waals surface area contributed by atoms with E-state index in [0.29, 0.717) is 36.2 Å². The van der Waals surface area contributed by atoms with Crippen LogP contribution in [0.25, 0.3) is 10.9 Å². The van der Waals surface area contributed by atoms with Gasteiger partial charge in [-0.1, -0.05) is 11.6 Å². The zero-order valence-electron chi connectivity index (χ0n) is 15.4. The summed E-state index contributed by atoms with van der Waals surface area (Å²) in [5, 5.41) is 3.83. The summed E-state index contributed by atoms with van der Waals surface area (Å²) in [6, 6.07) is 11.1. The second-order valence-electron chi connectivity index (χ2n) is 6.69. The van der Waals surface area contributed by atoms with E-state index in [1.165, 1.54) is 15.6 Å². The number of nitrogens with zero attached hydrogens (tertiary/aromatic N) is 1. The van der Waals surface area contributed by atoms with Crippen LogP contribution in [0.5, 0.6) is 0 Å². The summed E-state index contributed by atoms with van der Waals surface area (Å²) in [7, 11) is -3.50. The molecular weight excluding hydrogens is 398 g/mol. The fraction of sp³-hybridized carbons (Fsp3) is 0.316. The molecule has 0 spiro atoms. The number of benzene rings is 1. The number of hydrogen-bond acceptors (Lipinski definition) is 5. The second kappa shape index (κ2) is 7.67. The van der Waals surface area contributed by atoms with Crippen molar-refractivity contribution in [1.82, 2.24) is 14.6 Å². The highest BCUT2D eigenvalue weighted by Crippen LogP contribution is 2.25. The zero-order chi connectivity index (χ0) is 19.7. The van der Waals surface area contributed by atoms with Gasteiger partial charge in [0.15, 0.2) is 0 Å². The lowest BCUT2D eigenvalue weighted by Gasteiger charge is -2.25. The van der Waals surface area contributed by atoms with E-state index < -0.39 is 10.0 Å². The molecule has 0 radical (unpaired) electrons. The number of aromatic nitrogens is 1. The van der Waals surface area contributed by atoms with Crippen molar-refractivity contribution >= 4 is 38.2 Å². The largest absolute Gasteiger partial charge is 0.379 e. The normalized spacial score (nSPS) is 15.8. The molecule has 0 aliphatic carbocycles. The van der Waals surface area contributed by atoms with Gasteiger partial charge in [-0.05, 0) is 37.3 Å². The third kappa shape index (κ3) is 3.83. The Hall–Kier alpha value is -2.20. The van der Waals surface area contributed by atoms with E-state index in [9.17, 15) is 13.2 Å². The SMILES string of the molecule is Cc1ccc2[nH]c(C(=O)NCc3ccc(S(=O)(=O)N4CCOCC4)s3)cc2c1. The van der Waals surface area contributed by atoms with E-state index in [1.54, 1.807) is 12.1 Å². The Morgan fingerprint density at radius 1 is 1.21 bits per heavy atom.